The van der Waals surface area contributed by atoms with Crippen molar-refractivity contribution in [1.82, 2.24) is 15.5 Å². The highest BCUT2D eigenvalue weighted by atomic mass is 32.1. The summed E-state index contributed by atoms with van der Waals surface area (Å²) < 4.78 is 0. The van der Waals surface area contributed by atoms with Crippen molar-refractivity contribution < 1.29 is 4.79 Å². The summed E-state index contributed by atoms with van der Waals surface area (Å²) in [6.45, 7) is 2.46. The quantitative estimate of drug-likeness (QED) is 0.769. The number of aryl methyl sites for hydroxylation is 1. The van der Waals surface area contributed by atoms with Crippen LogP contribution in [0.4, 0.5) is 5.69 Å². The second kappa shape index (κ2) is 5.01. The van der Waals surface area contributed by atoms with Crippen molar-refractivity contribution in [3.05, 3.63) is 33.8 Å². The molecule has 0 fully saturated rings. The molecule has 6 heteroatoms. The fourth-order valence-corrected chi connectivity index (χ4v) is 2.14. The molecule has 90 valence electrons. The van der Waals surface area contributed by atoms with Gasteiger partial charge in [0, 0.05) is 4.88 Å². The van der Waals surface area contributed by atoms with Gasteiger partial charge in [0.05, 0.1) is 17.9 Å². The van der Waals surface area contributed by atoms with Crippen LogP contribution in [0.1, 0.15) is 28.0 Å². The Morgan fingerprint density at radius 2 is 2.47 bits per heavy atom. The molecule has 4 N–H and O–H groups in total. The Kier molecular flexibility index (Phi) is 3.43. The maximum atomic E-state index is 11.8. The highest BCUT2D eigenvalue weighted by Gasteiger charge is 2.15. The highest BCUT2D eigenvalue weighted by molar-refractivity contribution is 7.09. The van der Waals surface area contributed by atoms with Crippen molar-refractivity contribution in [1.29, 1.82) is 0 Å². The molecular formula is C11H14N4OS. The predicted octanol–water partition coefficient (Wildman–Crippen LogP) is 1.55. The Hall–Kier alpha value is -1.82. The van der Waals surface area contributed by atoms with E-state index in [0.29, 0.717) is 12.2 Å². The van der Waals surface area contributed by atoms with Gasteiger partial charge in [0.1, 0.15) is 0 Å². The molecule has 2 rings (SSSR count). The molecule has 1 amide bonds. The van der Waals surface area contributed by atoms with Gasteiger partial charge in [0.2, 0.25) is 0 Å². The molecule has 2 aromatic rings. The Morgan fingerprint density at radius 3 is 3.06 bits per heavy atom. The molecule has 2 aromatic heterocycles. The van der Waals surface area contributed by atoms with Gasteiger partial charge < -0.3 is 11.1 Å². The topological polar surface area (TPSA) is 83.8 Å². The van der Waals surface area contributed by atoms with Crippen molar-refractivity contribution >= 4 is 22.9 Å². The average molecular weight is 250 g/mol. The normalized spacial score (nSPS) is 10.4. The van der Waals surface area contributed by atoms with Gasteiger partial charge in [0.25, 0.3) is 5.91 Å². The van der Waals surface area contributed by atoms with Gasteiger partial charge in [-0.15, -0.1) is 11.3 Å². The third-order valence-electron chi connectivity index (χ3n) is 2.45. The van der Waals surface area contributed by atoms with Crippen molar-refractivity contribution in [2.75, 3.05) is 5.73 Å². The van der Waals surface area contributed by atoms with Crippen LogP contribution in [-0.2, 0) is 13.0 Å². The molecule has 0 unspecified atom stereocenters. The molecule has 0 aliphatic carbocycles. The van der Waals surface area contributed by atoms with Crippen LogP contribution in [0.3, 0.4) is 0 Å². The molecule has 2 heterocycles. The number of H-pyrrole nitrogens is 1. The number of hydrogen-bond acceptors (Lipinski definition) is 4. The summed E-state index contributed by atoms with van der Waals surface area (Å²) in [5, 5.41) is 11.5. The third kappa shape index (κ3) is 2.47. The van der Waals surface area contributed by atoms with E-state index >= 15 is 0 Å². The van der Waals surface area contributed by atoms with E-state index in [1.54, 1.807) is 11.3 Å². The molecular weight excluding hydrogens is 236 g/mol. The first-order valence-electron chi connectivity index (χ1n) is 5.35. The minimum atomic E-state index is -0.244. The predicted molar refractivity (Wildman–Crippen MR) is 67.9 cm³/mol. The lowest BCUT2D eigenvalue weighted by Gasteiger charge is -2.01. The van der Waals surface area contributed by atoms with Crippen LogP contribution in [0.15, 0.2) is 17.5 Å². The molecule has 0 aromatic carbocycles. The molecule has 0 atom stereocenters. The van der Waals surface area contributed by atoms with Crippen LogP contribution < -0.4 is 11.1 Å². The molecule has 0 saturated carbocycles. The van der Waals surface area contributed by atoms with E-state index in [1.165, 1.54) is 0 Å². The van der Waals surface area contributed by atoms with Crippen molar-refractivity contribution in [3.63, 3.8) is 0 Å². The number of nitrogen functional groups attached to an aromatic ring is 1. The number of amides is 1. The number of hydrogen-bond donors (Lipinski definition) is 3. The van der Waals surface area contributed by atoms with Crippen molar-refractivity contribution in [2.45, 2.75) is 19.9 Å². The van der Waals surface area contributed by atoms with Crippen LogP contribution in [0.5, 0.6) is 0 Å². The van der Waals surface area contributed by atoms with E-state index in [9.17, 15) is 4.79 Å². The van der Waals surface area contributed by atoms with Crippen LogP contribution in [0.25, 0.3) is 0 Å². The maximum Gasteiger partial charge on any atom is 0.274 e. The van der Waals surface area contributed by atoms with Crippen molar-refractivity contribution in [3.8, 4) is 0 Å². The van der Waals surface area contributed by atoms with Gasteiger partial charge in [-0.2, -0.15) is 5.10 Å². The van der Waals surface area contributed by atoms with Crippen LogP contribution >= 0.6 is 11.3 Å². The minimum absolute atomic E-state index is 0.244. The number of carbonyl (C=O) groups is 1. The molecule has 0 saturated heterocycles. The summed E-state index contributed by atoms with van der Waals surface area (Å²) in [7, 11) is 0. The van der Waals surface area contributed by atoms with Crippen LogP contribution in [0.2, 0.25) is 0 Å². The van der Waals surface area contributed by atoms with E-state index < -0.39 is 0 Å². The van der Waals surface area contributed by atoms with E-state index in [0.717, 1.165) is 17.0 Å². The molecule has 17 heavy (non-hydrogen) atoms. The van der Waals surface area contributed by atoms with E-state index in [-0.39, 0.29) is 11.6 Å². The number of anilines is 1. The zero-order valence-electron chi connectivity index (χ0n) is 9.49. The summed E-state index contributed by atoms with van der Waals surface area (Å²) >= 11 is 1.60. The fraction of sp³-hybridized carbons (Fsp3) is 0.273. The lowest BCUT2D eigenvalue weighted by molar-refractivity contribution is 0.0947. The van der Waals surface area contributed by atoms with Gasteiger partial charge in [-0.1, -0.05) is 13.0 Å². The zero-order chi connectivity index (χ0) is 12.3. The second-order valence-corrected chi connectivity index (χ2v) is 4.61. The second-order valence-electron chi connectivity index (χ2n) is 3.58. The fourth-order valence-electron chi connectivity index (χ4n) is 1.49. The number of rotatable bonds is 4. The first-order valence-corrected chi connectivity index (χ1v) is 6.23. The molecule has 0 radical (unpaired) electrons. The Labute approximate surface area is 103 Å². The van der Waals surface area contributed by atoms with Gasteiger partial charge in [-0.3, -0.25) is 9.89 Å². The summed E-state index contributed by atoms with van der Waals surface area (Å²) in [6, 6.07) is 3.92. The molecule has 0 aliphatic rings. The monoisotopic (exact) mass is 250 g/mol. The van der Waals surface area contributed by atoms with Crippen LogP contribution in [0, 0.1) is 0 Å². The number of thiophene rings is 1. The largest absolute Gasteiger partial charge is 0.395 e. The SMILES string of the molecule is CCc1[nH]nc(C(=O)NCc2cccs2)c1N. The van der Waals surface area contributed by atoms with Crippen molar-refractivity contribution in [2.24, 2.45) is 0 Å². The molecule has 0 aliphatic heterocycles. The van der Waals surface area contributed by atoms with E-state index in [1.807, 2.05) is 24.4 Å². The summed E-state index contributed by atoms with van der Waals surface area (Å²) in [4.78, 5) is 12.9. The lowest BCUT2D eigenvalue weighted by Crippen LogP contribution is -2.23. The maximum absolute atomic E-state index is 11.8. The van der Waals surface area contributed by atoms with Gasteiger partial charge in [-0.25, -0.2) is 0 Å². The summed E-state index contributed by atoms with van der Waals surface area (Å²) in [5.41, 5.74) is 7.33. The summed E-state index contributed by atoms with van der Waals surface area (Å²) in [5.74, 6) is -0.244. The first-order chi connectivity index (χ1) is 8.22. The van der Waals surface area contributed by atoms with Crippen LogP contribution in [-0.4, -0.2) is 16.1 Å². The highest BCUT2D eigenvalue weighted by Crippen LogP contribution is 2.14. The number of aromatic amines is 1. The number of nitrogens with two attached hydrogens (primary N) is 1. The smallest absolute Gasteiger partial charge is 0.274 e. The number of aromatic nitrogens is 2. The van der Waals surface area contributed by atoms with Gasteiger partial charge in [0.15, 0.2) is 5.69 Å². The lowest BCUT2D eigenvalue weighted by atomic mass is 10.2. The third-order valence-corrected chi connectivity index (χ3v) is 3.33. The Morgan fingerprint density at radius 1 is 1.65 bits per heavy atom. The van der Waals surface area contributed by atoms with E-state index in [2.05, 4.69) is 15.5 Å². The number of nitrogens with one attached hydrogen (secondary N) is 2. The standard InChI is InChI=1S/C11H14N4OS/c1-2-8-9(12)10(15-14-8)11(16)13-6-7-4-3-5-17-7/h3-5H,2,6,12H2,1H3,(H,13,16)(H,14,15). The van der Waals surface area contributed by atoms with Gasteiger partial charge in [-0.05, 0) is 17.9 Å². The molecule has 0 bridgehead atoms. The zero-order valence-corrected chi connectivity index (χ0v) is 10.3. The average Bonchev–Trinajstić information content (AvgIpc) is 2.95. The van der Waals surface area contributed by atoms with Gasteiger partial charge >= 0.3 is 0 Å². The Balaban J connectivity index is 2.02. The first kappa shape index (κ1) is 11.7. The molecule has 0 spiro atoms. The Bertz CT molecular complexity index is 504. The number of carbonyl (C=O) groups excluding carboxylic acids is 1. The molecule has 5 nitrogen and oxygen atoms in total. The van der Waals surface area contributed by atoms with E-state index in [4.69, 9.17) is 5.73 Å². The summed E-state index contributed by atoms with van der Waals surface area (Å²) in [6.07, 6.45) is 0.733. The minimum Gasteiger partial charge on any atom is -0.395 e. The number of nitrogens with zero attached hydrogens (tertiary/aromatic N) is 1.